The Morgan fingerprint density at radius 3 is 2.69 bits per heavy atom. The lowest BCUT2D eigenvalue weighted by Crippen LogP contribution is -1.90. The summed E-state index contributed by atoms with van der Waals surface area (Å²) in [6.07, 6.45) is 0.377. The van der Waals surface area contributed by atoms with Crippen molar-refractivity contribution in [3.8, 4) is 6.07 Å². The molecule has 0 amide bonds. The van der Waals surface area contributed by atoms with Crippen LogP contribution in [0, 0.1) is 18.3 Å². The van der Waals surface area contributed by atoms with Gasteiger partial charge in [-0.3, -0.25) is 4.68 Å². The van der Waals surface area contributed by atoms with Crippen molar-refractivity contribution < 1.29 is 0 Å². The van der Waals surface area contributed by atoms with Gasteiger partial charge in [-0.15, -0.1) is 0 Å². The molecule has 0 saturated carbocycles. The fraction of sp³-hybridized carbons (Fsp3) is 0.385. The predicted molar refractivity (Wildman–Crippen MR) is 66.1 cm³/mol. The largest absolute Gasteiger partial charge is 0.268 e. The molecule has 1 aromatic carbocycles. The van der Waals surface area contributed by atoms with Crippen LogP contribution >= 0.6 is 0 Å². The van der Waals surface area contributed by atoms with Gasteiger partial charge in [-0.05, 0) is 18.6 Å². The van der Waals surface area contributed by atoms with Crippen molar-refractivity contribution in [1.29, 1.82) is 5.26 Å². The molecule has 2 aromatic rings. The lowest BCUT2D eigenvalue weighted by atomic mass is 10.1. The lowest BCUT2D eigenvalue weighted by Gasteiger charge is -1.96. The van der Waals surface area contributed by atoms with E-state index in [9.17, 15) is 0 Å². The van der Waals surface area contributed by atoms with E-state index in [4.69, 9.17) is 5.26 Å². The molecule has 0 radical (unpaired) electrons. The Bertz CT molecular complexity index is 518. The SMILES string of the molecule is CC.Cc1cccc2c1c(CC#N)nn2C. The molecule has 1 heterocycles. The number of nitriles is 1. The molecule has 0 spiro atoms. The number of hydrogen-bond donors (Lipinski definition) is 0. The summed E-state index contributed by atoms with van der Waals surface area (Å²) in [5.74, 6) is 0. The number of hydrogen-bond acceptors (Lipinski definition) is 2. The maximum atomic E-state index is 8.68. The summed E-state index contributed by atoms with van der Waals surface area (Å²) in [5, 5.41) is 14.1. The number of aryl methyl sites for hydroxylation is 2. The highest BCUT2D eigenvalue weighted by Gasteiger charge is 2.09. The van der Waals surface area contributed by atoms with Gasteiger partial charge in [-0.25, -0.2) is 0 Å². The summed E-state index contributed by atoms with van der Waals surface area (Å²) in [7, 11) is 1.91. The highest BCUT2D eigenvalue weighted by atomic mass is 15.3. The zero-order valence-corrected chi connectivity index (χ0v) is 10.3. The molecule has 0 fully saturated rings. The smallest absolute Gasteiger partial charge is 0.0846 e. The van der Waals surface area contributed by atoms with Gasteiger partial charge in [0.15, 0.2) is 0 Å². The monoisotopic (exact) mass is 215 g/mol. The van der Waals surface area contributed by atoms with Gasteiger partial charge in [0.05, 0.1) is 23.7 Å². The number of rotatable bonds is 1. The summed E-state index contributed by atoms with van der Waals surface area (Å²) in [4.78, 5) is 0. The van der Waals surface area contributed by atoms with Gasteiger partial charge in [0, 0.05) is 12.4 Å². The Morgan fingerprint density at radius 1 is 1.38 bits per heavy atom. The molecule has 0 aliphatic carbocycles. The topological polar surface area (TPSA) is 41.6 Å². The Balaban J connectivity index is 0.000000606. The second kappa shape index (κ2) is 5.32. The van der Waals surface area contributed by atoms with Gasteiger partial charge in [-0.2, -0.15) is 10.4 Å². The number of benzene rings is 1. The van der Waals surface area contributed by atoms with Crippen molar-refractivity contribution in [3.63, 3.8) is 0 Å². The summed E-state index contributed by atoms with van der Waals surface area (Å²) in [5.41, 5.74) is 3.15. The van der Waals surface area contributed by atoms with E-state index in [0.717, 1.165) is 16.6 Å². The zero-order chi connectivity index (χ0) is 12.1. The molecule has 0 bridgehead atoms. The first-order valence-corrected chi connectivity index (χ1v) is 5.52. The molecule has 16 heavy (non-hydrogen) atoms. The molecule has 0 atom stereocenters. The second-order valence-corrected chi connectivity index (χ2v) is 3.37. The first-order chi connectivity index (χ1) is 7.74. The Kier molecular flexibility index (Phi) is 4.07. The van der Waals surface area contributed by atoms with E-state index in [1.165, 1.54) is 5.56 Å². The van der Waals surface area contributed by atoms with E-state index in [1.807, 2.05) is 50.7 Å². The summed E-state index contributed by atoms with van der Waals surface area (Å²) in [6.45, 7) is 6.05. The molecule has 0 unspecified atom stereocenters. The third-order valence-electron chi connectivity index (χ3n) is 2.41. The molecule has 0 aliphatic heterocycles. The van der Waals surface area contributed by atoms with Crippen molar-refractivity contribution >= 4 is 10.9 Å². The van der Waals surface area contributed by atoms with E-state index in [2.05, 4.69) is 11.2 Å². The molecular formula is C13H17N3. The molecule has 84 valence electrons. The first kappa shape index (κ1) is 12.3. The average molecular weight is 215 g/mol. The molecule has 2 rings (SSSR count). The van der Waals surface area contributed by atoms with Gasteiger partial charge >= 0.3 is 0 Å². The maximum Gasteiger partial charge on any atom is 0.0846 e. The normalized spacial score (nSPS) is 9.44. The predicted octanol–water partition coefficient (Wildman–Crippen LogP) is 2.97. The fourth-order valence-electron chi connectivity index (χ4n) is 1.78. The van der Waals surface area contributed by atoms with Crippen LogP contribution in [-0.2, 0) is 13.5 Å². The van der Waals surface area contributed by atoms with E-state index in [-0.39, 0.29) is 0 Å². The fourth-order valence-corrected chi connectivity index (χ4v) is 1.78. The minimum absolute atomic E-state index is 0.377. The lowest BCUT2D eigenvalue weighted by molar-refractivity contribution is 0.777. The van der Waals surface area contributed by atoms with E-state index >= 15 is 0 Å². The van der Waals surface area contributed by atoms with Crippen molar-refractivity contribution in [2.24, 2.45) is 7.05 Å². The maximum absolute atomic E-state index is 8.68. The van der Waals surface area contributed by atoms with Crippen molar-refractivity contribution in [1.82, 2.24) is 9.78 Å². The van der Waals surface area contributed by atoms with Crippen molar-refractivity contribution in [3.05, 3.63) is 29.5 Å². The number of aromatic nitrogens is 2. The van der Waals surface area contributed by atoms with E-state index < -0.39 is 0 Å². The minimum atomic E-state index is 0.377. The van der Waals surface area contributed by atoms with Crippen LogP contribution in [0.2, 0.25) is 0 Å². The molecule has 0 N–H and O–H groups in total. The quantitative estimate of drug-likeness (QED) is 0.733. The highest BCUT2D eigenvalue weighted by molar-refractivity contribution is 5.85. The van der Waals surface area contributed by atoms with Crippen LogP contribution in [0.5, 0.6) is 0 Å². The van der Waals surface area contributed by atoms with Gasteiger partial charge in [0.1, 0.15) is 0 Å². The molecule has 0 aliphatic rings. The minimum Gasteiger partial charge on any atom is -0.268 e. The average Bonchev–Trinajstić information content (AvgIpc) is 2.61. The van der Waals surface area contributed by atoms with Crippen molar-refractivity contribution in [2.45, 2.75) is 27.2 Å². The van der Waals surface area contributed by atoms with Crippen LogP contribution in [0.25, 0.3) is 10.9 Å². The number of nitrogens with zero attached hydrogens (tertiary/aromatic N) is 3. The molecular weight excluding hydrogens is 198 g/mol. The summed E-state index contributed by atoms with van der Waals surface area (Å²) < 4.78 is 1.83. The van der Waals surface area contributed by atoms with Crippen molar-refractivity contribution in [2.75, 3.05) is 0 Å². The Labute approximate surface area is 96.3 Å². The van der Waals surface area contributed by atoms with Gasteiger partial charge in [0.2, 0.25) is 0 Å². The second-order valence-electron chi connectivity index (χ2n) is 3.37. The van der Waals surface area contributed by atoms with Crippen LogP contribution in [0.1, 0.15) is 25.1 Å². The summed E-state index contributed by atoms with van der Waals surface area (Å²) in [6, 6.07) is 8.22. The van der Waals surface area contributed by atoms with Gasteiger partial charge in [0.25, 0.3) is 0 Å². The van der Waals surface area contributed by atoms with Gasteiger partial charge in [-0.1, -0.05) is 26.0 Å². The molecule has 3 nitrogen and oxygen atoms in total. The standard InChI is InChI=1S/C11H11N3.C2H6/c1-8-4-3-5-10-11(8)9(6-7-12)13-14(10)2;1-2/h3-5H,6H2,1-2H3;1-2H3. The molecule has 1 aromatic heterocycles. The van der Waals surface area contributed by atoms with E-state index in [1.54, 1.807) is 0 Å². The highest BCUT2D eigenvalue weighted by Crippen LogP contribution is 2.21. The third kappa shape index (κ3) is 2.06. The molecule has 0 saturated heterocycles. The Hall–Kier alpha value is -1.82. The van der Waals surface area contributed by atoms with Crippen LogP contribution in [0.4, 0.5) is 0 Å². The number of fused-ring (bicyclic) bond motifs is 1. The van der Waals surface area contributed by atoms with Crippen LogP contribution < -0.4 is 0 Å². The Morgan fingerprint density at radius 2 is 2.06 bits per heavy atom. The first-order valence-electron chi connectivity index (χ1n) is 5.52. The zero-order valence-electron chi connectivity index (χ0n) is 10.3. The van der Waals surface area contributed by atoms with Crippen LogP contribution in [0.3, 0.4) is 0 Å². The van der Waals surface area contributed by atoms with Crippen LogP contribution in [0.15, 0.2) is 18.2 Å². The van der Waals surface area contributed by atoms with Gasteiger partial charge < -0.3 is 0 Å². The molecule has 3 heteroatoms. The van der Waals surface area contributed by atoms with Crippen LogP contribution in [-0.4, -0.2) is 9.78 Å². The summed E-state index contributed by atoms with van der Waals surface area (Å²) >= 11 is 0. The van der Waals surface area contributed by atoms with E-state index in [0.29, 0.717) is 6.42 Å². The third-order valence-corrected chi connectivity index (χ3v) is 2.41.